The molecule has 0 saturated heterocycles. The summed E-state index contributed by atoms with van der Waals surface area (Å²) in [5.74, 6) is -0.451. The van der Waals surface area contributed by atoms with Gasteiger partial charge in [-0.15, -0.1) is 0 Å². The first-order chi connectivity index (χ1) is 19.8. The third-order valence-corrected chi connectivity index (χ3v) is 8.15. The number of carbonyl (C=O) groups excluding carboxylic acids is 1. The van der Waals surface area contributed by atoms with E-state index in [1.54, 1.807) is 6.08 Å². The van der Waals surface area contributed by atoms with Gasteiger partial charge in [0.05, 0.1) is 37.9 Å². The van der Waals surface area contributed by atoms with Crippen molar-refractivity contribution in [3.63, 3.8) is 0 Å². The van der Waals surface area contributed by atoms with Crippen molar-refractivity contribution in [3.8, 4) is 0 Å². The van der Waals surface area contributed by atoms with E-state index in [-0.39, 0.29) is 19.6 Å². The summed E-state index contributed by atoms with van der Waals surface area (Å²) in [5.41, 5.74) is 5.31. The maximum atomic E-state index is 12.6. The number of carbonyl (C=O) groups is 1. The molecule has 0 spiro atoms. The lowest BCUT2D eigenvalue weighted by Gasteiger charge is -2.24. The molecule has 10 heteroatoms. The SMILES string of the molecule is CCCCCCC/C=C/C(O)C(COP(=O)(O)OCCN)NC(=O)CC(O)CCCCCCCCCCCCCC. The topological polar surface area (TPSA) is 151 Å². The number of hydrogen-bond acceptors (Lipinski definition) is 7. The number of hydrogen-bond donors (Lipinski definition) is 5. The lowest BCUT2D eigenvalue weighted by molar-refractivity contribution is -0.124. The molecule has 0 saturated carbocycles. The number of aliphatic hydroxyl groups is 2. The maximum absolute atomic E-state index is 12.6. The fourth-order valence-corrected chi connectivity index (χ4v) is 5.40. The van der Waals surface area contributed by atoms with Crippen LogP contribution in [0.2, 0.25) is 0 Å². The molecular formula is C31H63N2O7P. The van der Waals surface area contributed by atoms with Gasteiger partial charge >= 0.3 is 7.82 Å². The van der Waals surface area contributed by atoms with E-state index in [9.17, 15) is 24.5 Å². The predicted octanol–water partition coefficient (Wildman–Crippen LogP) is 6.68. The summed E-state index contributed by atoms with van der Waals surface area (Å²) in [4.78, 5) is 22.4. The number of phosphoric ester groups is 1. The third kappa shape index (κ3) is 26.6. The summed E-state index contributed by atoms with van der Waals surface area (Å²) >= 11 is 0. The van der Waals surface area contributed by atoms with Gasteiger partial charge in [-0.1, -0.05) is 129 Å². The van der Waals surface area contributed by atoms with Crippen molar-refractivity contribution in [3.05, 3.63) is 12.2 Å². The molecule has 4 unspecified atom stereocenters. The quantitative estimate of drug-likeness (QED) is 0.0345. The van der Waals surface area contributed by atoms with Crippen LogP contribution in [0, 0.1) is 0 Å². The summed E-state index contributed by atoms with van der Waals surface area (Å²) in [6.07, 6.45) is 23.2. The van der Waals surface area contributed by atoms with E-state index >= 15 is 0 Å². The van der Waals surface area contributed by atoms with Crippen molar-refractivity contribution in [2.75, 3.05) is 19.8 Å². The van der Waals surface area contributed by atoms with Crippen LogP contribution in [0.25, 0.3) is 0 Å². The van der Waals surface area contributed by atoms with Gasteiger partial charge in [0.2, 0.25) is 5.91 Å². The Labute approximate surface area is 250 Å². The minimum atomic E-state index is -4.37. The molecule has 0 aliphatic rings. The van der Waals surface area contributed by atoms with Crippen LogP contribution in [0.3, 0.4) is 0 Å². The van der Waals surface area contributed by atoms with Crippen molar-refractivity contribution < 1.29 is 33.5 Å². The molecule has 4 atom stereocenters. The second-order valence-corrected chi connectivity index (χ2v) is 12.7. The number of rotatable bonds is 30. The second kappa shape index (κ2) is 28.0. The monoisotopic (exact) mass is 606 g/mol. The molecular weight excluding hydrogens is 543 g/mol. The Balaban J connectivity index is 4.44. The maximum Gasteiger partial charge on any atom is 0.472 e. The smallest absolute Gasteiger partial charge is 0.393 e. The molecule has 0 aromatic carbocycles. The van der Waals surface area contributed by atoms with Gasteiger partial charge in [-0.2, -0.15) is 0 Å². The van der Waals surface area contributed by atoms with Crippen LogP contribution in [0.5, 0.6) is 0 Å². The van der Waals surface area contributed by atoms with E-state index < -0.39 is 38.6 Å². The van der Waals surface area contributed by atoms with Gasteiger partial charge in [0.15, 0.2) is 0 Å². The Morgan fingerprint density at radius 1 is 0.829 bits per heavy atom. The Morgan fingerprint density at radius 3 is 1.88 bits per heavy atom. The van der Waals surface area contributed by atoms with Gasteiger partial charge in [0.25, 0.3) is 0 Å². The van der Waals surface area contributed by atoms with Gasteiger partial charge in [0, 0.05) is 6.54 Å². The number of nitrogens with two attached hydrogens (primary N) is 1. The van der Waals surface area contributed by atoms with E-state index in [0.717, 1.165) is 38.5 Å². The van der Waals surface area contributed by atoms with Gasteiger partial charge in [-0.25, -0.2) is 4.57 Å². The Bertz CT molecular complexity index is 681. The molecule has 1 amide bonds. The molecule has 0 aromatic heterocycles. The normalized spacial score (nSPS) is 15.6. The van der Waals surface area contributed by atoms with E-state index in [0.29, 0.717) is 6.42 Å². The highest BCUT2D eigenvalue weighted by molar-refractivity contribution is 7.47. The van der Waals surface area contributed by atoms with Gasteiger partial charge in [-0.05, 0) is 19.3 Å². The minimum Gasteiger partial charge on any atom is -0.393 e. The van der Waals surface area contributed by atoms with Crippen LogP contribution in [0.4, 0.5) is 0 Å². The van der Waals surface area contributed by atoms with Crippen LogP contribution in [-0.2, 0) is 18.4 Å². The number of phosphoric acid groups is 1. The van der Waals surface area contributed by atoms with E-state index in [4.69, 9.17) is 14.8 Å². The number of unbranched alkanes of at least 4 members (excludes halogenated alkanes) is 16. The summed E-state index contributed by atoms with van der Waals surface area (Å²) in [6, 6.07) is -0.973. The highest BCUT2D eigenvalue weighted by Gasteiger charge is 2.27. The Hall–Kier alpha value is -0.800. The summed E-state index contributed by atoms with van der Waals surface area (Å²) in [5, 5.41) is 23.7. The molecule has 0 bridgehead atoms. The van der Waals surface area contributed by atoms with Crippen molar-refractivity contribution >= 4 is 13.7 Å². The molecule has 0 radical (unpaired) electrons. The zero-order valence-corrected chi connectivity index (χ0v) is 27.0. The first-order valence-corrected chi connectivity index (χ1v) is 17.9. The zero-order chi connectivity index (χ0) is 30.6. The van der Waals surface area contributed by atoms with Gasteiger partial charge in [0.1, 0.15) is 0 Å². The average molecular weight is 607 g/mol. The molecule has 9 nitrogen and oxygen atoms in total. The fourth-order valence-electron chi connectivity index (χ4n) is 4.64. The molecule has 0 rings (SSSR count). The lowest BCUT2D eigenvalue weighted by atomic mass is 10.0. The standard InChI is InChI=1S/C31H63N2O7P/c1-3-5-7-9-11-12-13-14-15-17-18-20-22-28(34)26-31(36)33-29(27-40-41(37,38)39-25-24-32)30(35)23-21-19-16-10-8-6-4-2/h21,23,28-30,34-35H,3-20,22,24-27,32H2,1-2H3,(H,33,36)(H,37,38)/b23-21+. The number of amides is 1. The lowest BCUT2D eigenvalue weighted by Crippen LogP contribution is -2.46. The van der Waals surface area contributed by atoms with Gasteiger partial charge in [-0.3, -0.25) is 13.8 Å². The summed E-state index contributed by atoms with van der Waals surface area (Å²) in [7, 11) is -4.37. The third-order valence-electron chi connectivity index (χ3n) is 7.17. The van der Waals surface area contributed by atoms with Crippen LogP contribution in [0.15, 0.2) is 12.2 Å². The zero-order valence-electron chi connectivity index (χ0n) is 26.1. The molecule has 41 heavy (non-hydrogen) atoms. The van der Waals surface area contributed by atoms with Crippen LogP contribution >= 0.6 is 7.82 Å². The van der Waals surface area contributed by atoms with E-state index in [2.05, 4.69) is 19.2 Å². The number of aliphatic hydroxyl groups excluding tert-OH is 2. The van der Waals surface area contributed by atoms with E-state index in [1.807, 2.05) is 6.08 Å². The van der Waals surface area contributed by atoms with Crippen molar-refractivity contribution in [1.29, 1.82) is 0 Å². The second-order valence-electron chi connectivity index (χ2n) is 11.2. The molecule has 0 heterocycles. The van der Waals surface area contributed by atoms with Crippen LogP contribution < -0.4 is 11.1 Å². The van der Waals surface area contributed by atoms with Crippen molar-refractivity contribution in [2.45, 2.75) is 161 Å². The number of allylic oxidation sites excluding steroid dienone is 1. The van der Waals surface area contributed by atoms with Crippen LogP contribution in [0.1, 0.15) is 142 Å². The fraction of sp³-hybridized carbons (Fsp3) is 0.903. The summed E-state index contributed by atoms with van der Waals surface area (Å²) < 4.78 is 21.8. The Kier molecular flexibility index (Phi) is 27.5. The van der Waals surface area contributed by atoms with Crippen molar-refractivity contribution in [2.24, 2.45) is 5.73 Å². The molecule has 6 N–H and O–H groups in total. The first kappa shape index (κ1) is 40.2. The summed E-state index contributed by atoms with van der Waals surface area (Å²) in [6.45, 7) is 3.87. The average Bonchev–Trinajstić information content (AvgIpc) is 2.94. The van der Waals surface area contributed by atoms with Crippen molar-refractivity contribution in [1.82, 2.24) is 5.32 Å². The largest absolute Gasteiger partial charge is 0.472 e. The van der Waals surface area contributed by atoms with Gasteiger partial charge < -0.3 is 26.2 Å². The Morgan fingerprint density at radius 2 is 1.34 bits per heavy atom. The number of nitrogens with one attached hydrogen (secondary N) is 1. The minimum absolute atomic E-state index is 0.0504. The molecule has 0 aliphatic carbocycles. The molecule has 0 fully saturated rings. The molecule has 0 aromatic rings. The molecule has 244 valence electrons. The highest BCUT2D eigenvalue weighted by atomic mass is 31.2. The molecule has 0 aliphatic heterocycles. The van der Waals surface area contributed by atoms with E-state index in [1.165, 1.54) is 77.0 Å². The predicted molar refractivity (Wildman–Crippen MR) is 168 cm³/mol. The highest BCUT2D eigenvalue weighted by Crippen LogP contribution is 2.43. The van der Waals surface area contributed by atoms with Crippen LogP contribution in [-0.4, -0.2) is 59.0 Å². The first-order valence-electron chi connectivity index (χ1n) is 16.4.